The van der Waals surface area contributed by atoms with Gasteiger partial charge in [-0.25, -0.2) is 0 Å². The Balaban J connectivity index is 2.14. The third-order valence-electron chi connectivity index (χ3n) is 2.43. The van der Waals surface area contributed by atoms with Gasteiger partial charge in [-0.2, -0.15) is 0 Å². The zero-order valence-corrected chi connectivity index (χ0v) is 8.57. The Morgan fingerprint density at radius 3 is 2.85 bits per heavy atom. The van der Waals surface area contributed by atoms with Crippen molar-refractivity contribution >= 4 is 0 Å². The molecule has 0 aromatic heterocycles. The molecule has 3 nitrogen and oxygen atoms in total. The molecule has 0 aromatic rings. The molecule has 1 aliphatic rings. The summed E-state index contributed by atoms with van der Waals surface area (Å²) in [5, 5.41) is 0. The Labute approximate surface area is 80.5 Å². The Morgan fingerprint density at radius 1 is 1.54 bits per heavy atom. The minimum absolute atomic E-state index is 0.279. The maximum absolute atomic E-state index is 5.77. The standard InChI is InChI=1S/C10H20N2O/c1-12(5-6-13-2)8-9-3-4-10(11)7-9/h3-4,9-10H,5-8,11H2,1-2H3. The van der Waals surface area contributed by atoms with Gasteiger partial charge in [-0.05, 0) is 19.4 Å². The second-order valence-electron chi connectivity index (χ2n) is 3.80. The third kappa shape index (κ3) is 3.89. The number of rotatable bonds is 5. The van der Waals surface area contributed by atoms with Crippen molar-refractivity contribution < 1.29 is 4.74 Å². The fraction of sp³-hybridized carbons (Fsp3) is 0.800. The van der Waals surface area contributed by atoms with Crippen molar-refractivity contribution in [2.45, 2.75) is 12.5 Å². The minimum Gasteiger partial charge on any atom is -0.383 e. The first-order valence-electron chi connectivity index (χ1n) is 4.83. The molecule has 0 fully saturated rings. The summed E-state index contributed by atoms with van der Waals surface area (Å²) in [4.78, 5) is 2.29. The summed E-state index contributed by atoms with van der Waals surface area (Å²) in [6.45, 7) is 2.89. The average Bonchev–Trinajstić information content (AvgIpc) is 2.48. The normalized spacial score (nSPS) is 27.4. The second-order valence-corrected chi connectivity index (χ2v) is 3.80. The number of likely N-dealkylation sites (N-methyl/N-ethyl adjacent to an activating group) is 1. The van der Waals surface area contributed by atoms with Crippen LogP contribution in [0.2, 0.25) is 0 Å². The summed E-state index contributed by atoms with van der Waals surface area (Å²) in [5.41, 5.74) is 5.77. The topological polar surface area (TPSA) is 38.5 Å². The van der Waals surface area contributed by atoms with Gasteiger partial charge in [0.2, 0.25) is 0 Å². The number of methoxy groups -OCH3 is 1. The highest BCUT2D eigenvalue weighted by Gasteiger charge is 2.16. The molecule has 1 aliphatic carbocycles. The predicted molar refractivity (Wildman–Crippen MR) is 54.6 cm³/mol. The molecule has 0 saturated carbocycles. The smallest absolute Gasteiger partial charge is 0.0589 e. The van der Waals surface area contributed by atoms with Crippen molar-refractivity contribution in [1.29, 1.82) is 0 Å². The lowest BCUT2D eigenvalue weighted by Crippen LogP contribution is -2.28. The SMILES string of the molecule is COCCN(C)CC1C=CC(N)C1. The van der Waals surface area contributed by atoms with Crippen LogP contribution in [-0.4, -0.2) is 44.8 Å². The van der Waals surface area contributed by atoms with E-state index in [-0.39, 0.29) is 6.04 Å². The maximum Gasteiger partial charge on any atom is 0.0589 e. The van der Waals surface area contributed by atoms with Gasteiger partial charge in [0.1, 0.15) is 0 Å². The summed E-state index contributed by atoms with van der Waals surface area (Å²) < 4.78 is 5.01. The predicted octanol–water partition coefficient (Wildman–Crippen LogP) is 0.468. The molecule has 0 amide bonds. The van der Waals surface area contributed by atoms with E-state index < -0.39 is 0 Å². The Kier molecular flexibility index (Phi) is 4.42. The summed E-state index contributed by atoms with van der Waals surface area (Å²) in [6.07, 6.45) is 5.43. The van der Waals surface area contributed by atoms with Gasteiger partial charge in [0.25, 0.3) is 0 Å². The molecule has 0 aliphatic heterocycles. The number of ether oxygens (including phenoxy) is 1. The molecule has 2 unspecified atom stereocenters. The van der Waals surface area contributed by atoms with E-state index in [1.807, 2.05) is 0 Å². The summed E-state index contributed by atoms with van der Waals surface area (Å²) in [7, 11) is 3.86. The summed E-state index contributed by atoms with van der Waals surface area (Å²) in [6, 6.07) is 0.279. The largest absolute Gasteiger partial charge is 0.383 e. The van der Waals surface area contributed by atoms with Crippen molar-refractivity contribution in [3.05, 3.63) is 12.2 Å². The van der Waals surface area contributed by atoms with Crippen molar-refractivity contribution in [2.24, 2.45) is 11.7 Å². The van der Waals surface area contributed by atoms with Crippen LogP contribution in [-0.2, 0) is 4.74 Å². The van der Waals surface area contributed by atoms with E-state index >= 15 is 0 Å². The van der Waals surface area contributed by atoms with Crippen LogP contribution in [0.1, 0.15) is 6.42 Å². The molecule has 76 valence electrons. The van der Waals surface area contributed by atoms with Crippen molar-refractivity contribution in [3.63, 3.8) is 0 Å². The Bertz CT molecular complexity index is 170. The molecular formula is C10H20N2O. The van der Waals surface area contributed by atoms with E-state index in [1.54, 1.807) is 7.11 Å². The molecular weight excluding hydrogens is 164 g/mol. The average molecular weight is 184 g/mol. The molecule has 0 heterocycles. The lowest BCUT2D eigenvalue weighted by atomic mass is 10.1. The summed E-state index contributed by atoms with van der Waals surface area (Å²) >= 11 is 0. The molecule has 3 heteroatoms. The van der Waals surface area contributed by atoms with Gasteiger partial charge in [0, 0.05) is 26.2 Å². The molecule has 0 bridgehead atoms. The van der Waals surface area contributed by atoms with E-state index in [1.165, 1.54) is 0 Å². The first kappa shape index (κ1) is 10.7. The fourth-order valence-electron chi connectivity index (χ4n) is 1.68. The minimum atomic E-state index is 0.279. The van der Waals surface area contributed by atoms with Gasteiger partial charge in [0.15, 0.2) is 0 Å². The Morgan fingerprint density at radius 2 is 2.31 bits per heavy atom. The van der Waals surface area contributed by atoms with Gasteiger partial charge in [0.05, 0.1) is 6.61 Å². The van der Waals surface area contributed by atoms with E-state index in [0.29, 0.717) is 5.92 Å². The lowest BCUT2D eigenvalue weighted by molar-refractivity contribution is 0.155. The van der Waals surface area contributed by atoms with Crippen LogP contribution < -0.4 is 5.73 Å². The quantitative estimate of drug-likeness (QED) is 0.631. The lowest BCUT2D eigenvalue weighted by Gasteiger charge is -2.19. The van der Waals surface area contributed by atoms with Gasteiger partial charge < -0.3 is 15.4 Å². The molecule has 0 spiro atoms. The zero-order chi connectivity index (χ0) is 9.68. The van der Waals surface area contributed by atoms with Crippen molar-refractivity contribution in [1.82, 2.24) is 4.90 Å². The van der Waals surface area contributed by atoms with Gasteiger partial charge in [-0.3, -0.25) is 0 Å². The van der Waals surface area contributed by atoms with Crippen molar-refractivity contribution in [2.75, 3.05) is 33.9 Å². The van der Waals surface area contributed by atoms with Gasteiger partial charge in [-0.1, -0.05) is 12.2 Å². The van der Waals surface area contributed by atoms with Crippen LogP contribution >= 0.6 is 0 Å². The number of nitrogens with zero attached hydrogens (tertiary/aromatic N) is 1. The summed E-state index contributed by atoms with van der Waals surface area (Å²) in [5.74, 6) is 0.636. The highest BCUT2D eigenvalue weighted by atomic mass is 16.5. The van der Waals surface area contributed by atoms with Crippen LogP contribution in [0.15, 0.2) is 12.2 Å². The van der Waals surface area contributed by atoms with E-state index in [9.17, 15) is 0 Å². The highest BCUT2D eigenvalue weighted by Crippen LogP contribution is 2.16. The first-order chi connectivity index (χ1) is 6.22. The van der Waals surface area contributed by atoms with Crippen LogP contribution in [0.25, 0.3) is 0 Å². The van der Waals surface area contributed by atoms with Crippen LogP contribution in [0.5, 0.6) is 0 Å². The van der Waals surface area contributed by atoms with E-state index in [2.05, 4.69) is 24.1 Å². The number of nitrogens with two attached hydrogens (primary N) is 1. The van der Waals surface area contributed by atoms with E-state index in [4.69, 9.17) is 10.5 Å². The van der Waals surface area contributed by atoms with E-state index in [0.717, 1.165) is 26.1 Å². The van der Waals surface area contributed by atoms with Crippen LogP contribution in [0, 0.1) is 5.92 Å². The van der Waals surface area contributed by atoms with Gasteiger partial charge >= 0.3 is 0 Å². The second kappa shape index (κ2) is 5.37. The van der Waals surface area contributed by atoms with Crippen LogP contribution in [0.4, 0.5) is 0 Å². The molecule has 2 N–H and O–H groups in total. The number of hydrogen-bond donors (Lipinski definition) is 1. The van der Waals surface area contributed by atoms with Gasteiger partial charge in [-0.15, -0.1) is 0 Å². The molecule has 0 aromatic carbocycles. The fourth-order valence-corrected chi connectivity index (χ4v) is 1.68. The monoisotopic (exact) mass is 184 g/mol. The zero-order valence-electron chi connectivity index (χ0n) is 8.57. The van der Waals surface area contributed by atoms with Crippen molar-refractivity contribution in [3.8, 4) is 0 Å². The molecule has 1 rings (SSSR count). The molecule has 13 heavy (non-hydrogen) atoms. The maximum atomic E-state index is 5.77. The number of hydrogen-bond acceptors (Lipinski definition) is 3. The molecule has 0 saturated heterocycles. The first-order valence-corrected chi connectivity index (χ1v) is 4.83. The molecule has 2 atom stereocenters. The molecule has 0 radical (unpaired) electrons. The Hall–Kier alpha value is -0.380. The highest BCUT2D eigenvalue weighted by molar-refractivity contribution is 5.05. The van der Waals surface area contributed by atoms with Crippen LogP contribution in [0.3, 0.4) is 0 Å². The third-order valence-corrected chi connectivity index (χ3v) is 2.43.